The predicted molar refractivity (Wildman–Crippen MR) is 38.0 cm³/mol. The molecule has 140 valence electrons. The Morgan fingerprint density at radius 3 is 0.783 bits per heavy atom. The number of aliphatic hydroxyl groups is 1. The summed E-state index contributed by atoms with van der Waals surface area (Å²) in [5.41, 5.74) is 0. The van der Waals surface area contributed by atoms with Gasteiger partial charge < -0.3 is 5.11 Å². The number of halogens is 15. The van der Waals surface area contributed by atoms with E-state index in [0.717, 1.165) is 0 Å². The third-order valence-electron chi connectivity index (χ3n) is 2.31. The molecule has 23 heavy (non-hydrogen) atoms. The maximum Gasteiger partial charge on any atom is 0.460 e. The van der Waals surface area contributed by atoms with Gasteiger partial charge in [-0.1, -0.05) is 0 Å². The fourth-order valence-corrected chi connectivity index (χ4v) is 0.958. The molecule has 0 radical (unpaired) electrons. The highest BCUT2D eigenvalue weighted by Gasteiger charge is 2.93. The first-order valence-electron chi connectivity index (χ1n) is 4.56. The molecule has 1 nitrogen and oxygen atoms in total. The smallest absolute Gasteiger partial charge is 0.331 e. The molecule has 0 atom stereocenters. The Hall–Kier alpha value is -1.09. The summed E-state index contributed by atoms with van der Waals surface area (Å²) in [5.74, 6) is -40.7. The zero-order valence-corrected chi connectivity index (χ0v) is 9.62. The van der Waals surface area contributed by atoms with E-state index in [-0.39, 0.29) is 0 Å². The Labute approximate surface area is 114 Å². The van der Waals surface area contributed by atoms with Gasteiger partial charge in [0, 0.05) is 0 Å². The zero-order chi connectivity index (χ0) is 19.5. The average Bonchev–Trinajstić information content (AvgIpc) is 2.24. The van der Waals surface area contributed by atoms with Crippen LogP contribution in [0.5, 0.6) is 0 Å². The highest BCUT2D eigenvalue weighted by molar-refractivity contribution is 5.11. The van der Waals surface area contributed by atoms with Crippen LogP contribution in [0.3, 0.4) is 0 Å². The van der Waals surface area contributed by atoms with Crippen molar-refractivity contribution >= 4 is 0 Å². The molecule has 0 aliphatic heterocycles. The van der Waals surface area contributed by atoms with Crippen LogP contribution in [0.25, 0.3) is 0 Å². The van der Waals surface area contributed by atoms with Crippen molar-refractivity contribution in [2.24, 2.45) is 0 Å². The fraction of sp³-hybridized carbons (Fsp3) is 1.00. The van der Waals surface area contributed by atoms with E-state index in [1.807, 2.05) is 0 Å². The van der Waals surface area contributed by atoms with Crippen molar-refractivity contribution in [1.82, 2.24) is 0 Å². The molecule has 16 heteroatoms. The van der Waals surface area contributed by atoms with Crippen LogP contribution in [0.15, 0.2) is 0 Å². The van der Waals surface area contributed by atoms with E-state index in [9.17, 15) is 65.9 Å². The molecule has 0 aliphatic rings. The molecule has 0 aromatic rings. The molecule has 0 unspecified atom stereocenters. The van der Waals surface area contributed by atoms with Crippen molar-refractivity contribution in [2.75, 3.05) is 0 Å². The molecular weight excluding hydrogens is 385 g/mol. The summed E-state index contributed by atoms with van der Waals surface area (Å²) in [5, 5.41) is 7.32. The van der Waals surface area contributed by atoms with E-state index < -0.39 is 41.9 Å². The summed E-state index contributed by atoms with van der Waals surface area (Å²) < 4.78 is 183. The quantitative estimate of drug-likeness (QED) is 0.699. The second kappa shape index (κ2) is 4.95. The van der Waals surface area contributed by atoms with E-state index in [4.69, 9.17) is 5.11 Å². The lowest BCUT2D eigenvalue weighted by atomic mass is 9.93. The lowest BCUT2D eigenvalue weighted by Crippen LogP contribution is -2.72. The largest absolute Gasteiger partial charge is 0.460 e. The van der Waals surface area contributed by atoms with Gasteiger partial charge in [0.1, 0.15) is 0 Å². The van der Waals surface area contributed by atoms with Gasteiger partial charge in [0.2, 0.25) is 0 Å². The maximum atomic E-state index is 12.6. The van der Waals surface area contributed by atoms with Crippen molar-refractivity contribution in [3.8, 4) is 0 Å². The molecule has 0 heterocycles. The molecule has 0 saturated carbocycles. The Bertz CT molecular complexity index is 400. The topological polar surface area (TPSA) is 20.2 Å². The van der Waals surface area contributed by atoms with Crippen molar-refractivity contribution in [3.63, 3.8) is 0 Å². The molecule has 0 aromatic heterocycles. The van der Waals surface area contributed by atoms with Gasteiger partial charge in [-0.2, -0.15) is 65.9 Å². The minimum atomic E-state index is -8.35. The molecule has 0 fully saturated rings. The van der Waals surface area contributed by atoms with Crippen LogP contribution in [-0.4, -0.2) is 47.0 Å². The third-order valence-corrected chi connectivity index (χ3v) is 2.31. The lowest BCUT2D eigenvalue weighted by molar-refractivity contribution is -0.468. The van der Waals surface area contributed by atoms with Crippen LogP contribution in [0.1, 0.15) is 0 Å². The zero-order valence-electron chi connectivity index (χ0n) is 9.62. The van der Waals surface area contributed by atoms with E-state index in [1.54, 1.807) is 0 Å². The summed E-state index contributed by atoms with van der Waals surface area (Å²) in [4.78, 5) is 0. The number of rotatable bonds is 5. The van der Waals surface area contributed by atoms with Crippen LogP contribution >= 0.6 is 0 Å². The Kier molecular flexibility index (Phi) is 4.72. The normalized spacial score (nSPS) is 16.7. The van der Waals surface area contributed by atoms with E-state index in [2.05, 4.69) is 0 Å². The Morgan fingerprint density at radius 2 is 0.565 bits per heavy atom. The van der Waals surface area contributed by atoms with Crippen LogP contribution in [0.2, 0.25) is 0 Å². The molecular formula is C7HF15O. The van der Waals surface area contributed by atoms with Crippen LogP contribution in [0.4, 0.5) is 65.9 Å². The highest BCUT2D eigenvalue weighted by atomic mass is 19.4. The van der Waals surface area contributed by atoms with E-state index in [1.165, 1.54) is 0 Å². The van der Waals surface area contributed by atoms with Gasteiger partial charge in [0.25, 0.3) is 0 Å². The number of hydrogen-bond acceptors (Lipinski definition) is 1. The molecule has 0 spiro atoms. The van der Waals surface area contributed by atoms with Gasteiger partial charge in [-0.15, -0.1) is 0 Å². The van der Waals surface area contributed by atoms with Gasteiger partial charge >= 0.3 is 41.9 Å². The summed E-state index contributed by atoms with van der Waals surface area (Å²) in [7, 11) is 0. The molecule has 0 aromatic carbocycles. The molecule has 0 rings (SSSR count). The van der Waals surface area contributed by atoms with Crippen molar-refractivity contribution in [2.45, 2.75) is 41.9 Å². The molecule has 0 amide bonds. The average molecular weight is 386 g/mol. The Balaban J connectivity index is 6.37. The second-order valence-electron chi connectivity index (χ2n) is 3.91. The minimum Gasteiger partial charge on any atom is -0.331 e. The molecule has 0 bridgehead atoms. The first-order valence-corrected chi connectivity index (χ1v) is 4.56. The van der Waals surface area contributed by atoms with Crippen LogP contribution in [0, 0.1) is 0 Å². The lowest BCUT2D eigenvalue weighted by Gasteiger charge is -2.40. The molecule has 0 aliphatic carbocycles. The van der Waals surface area contributed by atoms with Gasteiger partial charge in [-0.3, -0.25) is 0 Å². The van der Waals surface area contributed by atoms with E-state index >= 15 is 0 Å². The van der Waals surface area contributed by atoms with Gasteiger partial charge in [0.15, 0.2) is 0 Å². The first-order chi connectivity index (χ1) is 9.50. The standard InChI is InChI=1S/C7HF15O/c8-1(9,2(10,11)4(14,15)6(18,19)20)3(12,13)5(16,17)7(21,22)23/h23H. The van der Waals surface area contributed by atoms with Gasteiger partial charge in [0.05, 0.1) is 0 Å². The monoisotopic (exact) mass is 386 g/mol. The summed E-state index contributed by atoms with van der Waals surface area (Å²) in [6.45, 7) is 0. The first kappa shape index (κ1) is 21.9. The number of hydrogen-bond donors (Lipinski definition) is 1. The highest BCUT2D eigenvalue weighted by Crippen LogP contribution is 2.61. The summed E-state index contributed by atoms with van der Waals surface area (Å²) >= 11 is 0. The predicted octanol–water partition coefficient (Wildman–Crippen LogP) is 4.31. The van der Waals surface area contributed by atoms with Gasteiger partial charge in [-0.05, 0) is 0 Å². The van der Waals surface area contributed by atoms with Crippen molar-refractivity contribution in [3.05, 3.63) is 0 Å². The van der Waals surface area contributed by atoms with Crippen LogP contribution < -0.4 is 0 Å². The maximum absolute atomic E-state index is 12.6. The van der Waals surface area contributed by atoms with Crippen molar-refractivity contribution in [1.29, 1.82) is 0 Å². The van der Waals surface area contributed by atoms with Crippen LogP contribution in [-0.2, 0) is 0 Å². The van der Waals surface area contributed by atoms with Gasteiger partial charge in [-0.25, -0.2) is 0 Å². The summed E-state index contributed by atoms with van der Waals surface area (Å²) in [6.07, 6.45) is -14.8. The SMILES string of the molecule is OC(F)(F)C(F)(F)C(F)(F)C(F)(F)C(F)(F)C(F)(F)C(F)(F)F. The molecule has 0 saturated heterocycles. The fourth-order valence-electron chi connectivity index (χ4n) is 0.958. The van der Waals surface area contributed by atoms with Crippen molar-refractivity contribution < 1.29 is 71.0 Å². The second-order valence-corrected chi connectivity index (χ2v) is 3.91. The number of alkyl halides is 15. The minimum absolute atomic E-state index is 7.16. The van der Waals surface area contributed by atoms with E-state index in [0.29, 0.717) is 0 Å². The Morgan fingerprint density at radius 1 is 0.348 bits per heavy atom. The summed E-state index contributed by atoms with van der Waals surface area (Å²) in [6, 6.07) is 0. The third kappa shape index (κ3) is 2.67. The molecule has 1 N–H and O–H groups in total.